The van der Waals surface area contributed by atoms with Gasteiger partial charge in [-0.05, 0) is 34.8 Å². The number of ether oxygens (including phenoxy) is 1. The van der Waals surface area contributed by atoms with Gasteiger partial charge in [-0.1, -0.05) is 0 Å². The van der Waals surface area contributed by atoms with Crippen LogP contribution in [0.3, 0.4) is 0 Å². The smallest absolute Gasteiger partial charge is 0.404 e. The zero-order valence-corrected chi connectivity index (χ0v) is 15.6. The molecule has 0 spiro atoms. The molecule has 0 aliphatic carbocycles. The highest BCUT2D eigenvalue weighted by atomic mass is 79.9. The van der Waals surface area contributed by atoms with Crippen LogP contribution in [0.15, 0.2) is 27.6 Å². The molecule has 1 atom stereocenters. The van der Waals surface area contributed by atoms with E-state index in [1.54, 1.807) is 22.9 Å². The van der Waals surface area contributed by atoms with Crippen molar-refractivity contribution in [2.45, 2.75) is 24.9 Å². The average Bonchev–Trinajstić information content (AvgIpc) is 2.62. The summed E-state index contributed by atoms with van der Waals surface area (Å²) < 4.78 is 8.47. The zero-order chi connectivity index (χ0) is 18.3. The molecule has 2 aliphatic heterocycles. The highest BCUT2D eigenvalue weighted by Gasteiger charge is 2.29. The average molecular weight is 423 g/mol. The number of hydrogen-bond donors (Lipinski definition) is 2. The van der Waals surface area contributed by atoms with Crippen LogP contribution >= 0.6 is 15.9 Å². The molecular weight excluding hydrogens is 404 g/mol. The first kappa shape index (κ1) is 17.3. The second-order valence-electron chi connectivity index (χ2n) is 6.70. The summed E-state index contributed by atoms with van der Waals surface area (Å²) in [7, 11) is 0. The van der Waals surface area contributed by atoms with E-state index in [4.69, 9.17) is 9.84 Å². The fourth-order valence-electron chi connectivity index (χ4n) is 3.79. The van der Waals surface area contributed by atoms with E-state index in [1.807, 2.05) is 0 Å². The van der Waals surface area contributed by atoms with Gasteiger partial charge in [-0.3, -0.25) is 14.3 Å². The maximum atomic E-state index is 12.6. The highest BCUT2D eigenvalue weighted by molar-refractivity contribution is 9.10. The van der Waals surface area contributed by atoms with E-state index in [0.29, 0.717) is 18.9 Å². The van der Waals surface area contributed by atoms with Gasteiger partial charge in [0.05, 0.1) is 16.0 Å². The molecule has 1 fully saturated rings. The molecule has 0 radical (unpaired) electrons. The van der Waals surface area contributed by atoms with Gasteiger partial charge in [-0.25, -0.2) is 4.79 Å². The van der Waals surface area contributed by atoms with Crippen molar-refractivity contribution < 1.29 is 14.6 Å². The molecule has 0 bridgehead atoms. The van der Waals surface area contributed by atoms with Crippen molar-refractivity contribution >= 4 is 33.1 Å². The highest BCUT2D eigenvalue weighted by Crippen LogP contribution is 2.36. The Morgan fingerprint density at radius 1 is 1.38 bits per heavy atom. The first-order chi connectivity index (χ1) is 12.5. The summed E-state index contributed by atoms with van der Waals surface area (Å²) in [6, 6.07) is 3.17. The molecule has 138 valence electrons. The number of likely N-dealkylation sites (tertiary alicyclic amines) is 1. The summed E-state index contributed by atoms with van der Waals surface area (Å²) in [4.78, 5) is 30.0. The lowest BCUT2D eigenvalue weighted by atomic mass is 10.0. The third-order valence-electron chi connectivity index (χ3n) is 5.02. The Morgan fingerprint density at radius 2 is 2.15 bits per heavy atom. The number of halogens is 1. The zero-order valence-electron chi connectivity index (χ0n) is 14.0. The molecule has 0 unspecified atom stereocenters. The fourth-order valence-corrected chi connectivity index (χ4v) is 4.20. The summed E-state index contributed by atoms with van der Waals surface area (Å²) >= 11 is 3.45. The van der Waals surface area contributed by atoms with Gasteiger partial charge in [-0.2, -0.15) is 0 Å². The second-order valence-corrected chi connectivity index (χ2v) is 7.55. The lowest BCUT2D eigenvalue weighted by Crippen LogP contribution is -2.47. The SMILES string of the molecule is O=C(O)NC1CCN(C[C@@H]2COc3c(Br)cnc4ccc(=O)n2c34)CC1. The minimum absolute atomic E-state index is 0.00149. The summed E-state index contributed by atoms with van der Waals surface area (Å²) in [5.41, 5.74) is 1.40. The van der Waals surface area contributed by atoms with E-state index in [-0.39, 0.29) is 17.6 Å². The first-order valence-electron chi connectivity index (χ1n) is 8.57. The number of nitrogens with zero attached hydrogens (tertiary/aromatic N) is 3. The second kappa shape index (κ2) is 6.88. The van der Waals surface area contributed by atoms with Crippen LogP contribution in [0.4, 0.5) is 4.79 Å². The maximum absolute atomic E-state index is 12.6. The summed E-state index contributed by atoms with van der Waals surface area (Å²) in [5.74, 6) is 0.660. The molecule has 2 aromatic rings. The molecule has 0 saturated carbocycles. The van der Waals surface area contributed by atoms with Crippen LogP contribution in [0.1, 0.15) is 18.9 Å². The third kappa shape index (κ3) is 3.16. The standard InChI is InChI=1S/C17H19BrN4O4/c18-12-7-19-13-1-2-14(23)22-11(9-26-16(12)15(13)22)8-21-5-3-10(4-6-21)20-17(24)25/h1-2,7,10-11,20H,3-6,8-9H2,(H,24,25)/t11-/m1/s1. The molecule has 4 heterocycles. The van der Waals surface area contributed by atoms with E-state index >= 15 is 0 Å². The van der Waals surface area contributed by atoms with E-state index in [2.05, 4.69) is 31.1 Å². The number of hydrogen-bond acceptors (Lipinski definition) is 5. The van der Waals surface area contributed by atoms with Crippen molar-refractivity contribution in [3.8, 4) is 5.75 Å². The molecular formula is C17H19BrN4O4. The van der Waals surface area contributed by atoms with Gasteiger partial charge in [0.15, 0.2) is 5.75 Å². The van der Waals surface area contributed by atoms with Gasteiger partial charge in [-0.15, -0.1) is 0 Å². The van der Waals surface area contributed by atoms with Crippen LogP contribution in [0, 0.1) is 0 Å². The minimum atomic E-state index is -0.975. The number of pyridine rings is 2. The quantitative estimate of drug-likeness (QED) is 0.782. The topological polar surface area (TPSA) is 96.7 Å². The Bertz CT molecular complexity index is 908. The number of nitrogens with one attached hydrogen (secondary N) is 1. The van der Waals surface area contributed by atoms with Crippen molar-refractivity contribution in [3.05, 3.63) is 33.2 Å². The Hall–Kier alpha value is -2.13. The van der Waals surface area contributed by atoms with Crippen molar-refractivity contribution in [2.24, 2.45) is 0 Å². The van der Waals surface area contributed by atoms with Gasteiger partial charge >= 0.3 is 6.09 Å². The molecule has 2 N–H and O–H groups in total. The molecule has 2 aliphatic rings. The number of amides is 1. The van der Waals surface area contributed by atoms with E-state index in [0.717, 1.165) is 41.4 Å². The molecule has 8 nitrogen and oxygen atoms in total. The molecule has 1 amide bonds. The Balaban J connectivity index is 1.56. The summed E-state index contributed by atoms with van der Waals surface area (Å²) in [5, 5.41) is 11.4. The molecule has 9 heteroatoms. The molecule has 0 aromatic carbocycles. The predicted molar refractivity (Wildman–Crippen MR) is 98.9 cm³/mol. The summed E-state index contributed by atoms with van der Waals surface area (Å²) in [6.07, 6.45) is 2.25. The van der Waals surface area contributed by atoms with Crippen LogP contribution in [-0.2, 0) is 0 Å². The van der Waals surface area contributed by atoms with E-state index in [1.165, 1.54) is 0 Å². The normalized spacial score (nSPS) is 20.7. The lowest BCUT2D eigenvalue weighted by Gasteiger charge is -2.36. The number of carbonyl (C=O) groups is 1. The fraction of sp³-hybridized carbons (Fsp3) is 0.471. The largest absolute Gasteiger partial charge is 0.488 e. The molecule has 26 heavy (non-hydrogen) atoms. The van der Waals surface area contributed by atoms with E-state index < -0.39 is 6.09 Å². The minimum Gasteiger partial charge on any atom is -0.488 e. The first-order valence-corrected chi connectivity index (χ1v) is 9.36. The van der Waals surface area contributed by atoms with Gasteiger partial charge in [0.2, 0.25) is 0 Å². The number of rotatable bonds is 3. The van der Waals surface area contributed by atoms with E-state index in [9.17, 15) is 9.59 Å². The Labute approximate surface area is 157 Å². The predicted octanol–water partition coefficient (Wildman–Crippen LogP) is 1.82. The Morgan fingerprint density at radius 3 is 2.88 bits per heavy atom. The Kier molecular flexibility index (Phi) is 4.58. The van der Waals surface area contributed by atoms with Gasteiger partial charge in [0.1, 0.15) is 12.1 Å². The monoisotopic (exact) mass is 422 g/mol. The summed E-state index contributed by atoms with van der Waals surface area (Å²) in [6.45, 7) is 2.68. The van der Waals surface area contributed by atoms with Crippen LogP contribution in [-0.4, -0.2) is 57.9 Å². The van der Waals surface area contributed by atoms with Crippen LogP contribution in [0.2, 0.25) is 0 Å². The van der Waals surface area contributed by atoms with Crippen molar-refractivity contribution in [3.63, 3.8) is 0 Å². The maximum Gasteiger partial charge on any atom is 0.404 e. The van der Waals surface area contributed by atoms with Gasteiger partial charge in [0.25, 0.3) is 5.56 Å². The number of carboxylic acid groups (broad SMARTS) is 1. The number of aromatic nitrogens is 2. The number of piperidine rings is 1. The van der Waals surface area contributed by atoms with Crippen LogP contribution < -0.4 is 15.6 Å². The third-order valence-corrected chi connectivity index (χ3v) is 5.59. The van der Waals surface area contributed by atoms with Crippen molar-refractivity contribution in [1.82, 2.24) is 19.8 Å². The van der Waals surface area contributed by atoms with Crippen molar-refractivity contribution in [2.75, 3.05) is 26.2 Å². The molecule has 4 rings (SSSR count). The van der Waals surface area contributed by atoms with Gasteiger partial charge < -0.3 is 20.1 Å². The van der Waals surface area contributed by atoms with Crippen molar-refractivity contribution in [1.29, 1.82) is 0 Å². The molecule has 2 aromatic heterocycles. The van der Waals surface area contributed by atoms with Crippen LogP contribution in [0.5, 0.6) is 5.75 Å². The molecule has 1 saturated heterocycles. The lowest BCUT2D eigenvalue weighted by molar-refractivity contribution is 0.135. The van der Waals surface area contributed by atoms with Crippen LogP contribution in [0.25, 0.3) is 11.0 Å². The van der Waals surface area contributed by atoms with Gasteiger partial charge in [0, 0.05) is 37.9 Å².